The molecule has 0 bridgehead atoms. The average Bonchev–Trinajstić information content (AvgIpc) is 3.29. The molecule has 0 atom stereocenters. The number of hydrogen-bond donors (Lipinski definition) is 2. The molecule has 1 aromatic carbocycles. The molecule has 0 spiro atoms. The Morgan fingerprint density at radius 2 is 1.79 bits per heavy atom. The molecule has 1 aliphatic heterocycles. The van der Waals surface area contributed by atoms with E-state index in [9.17, 15) is 4.79 Å². The van der Waals surface area contributed by atoms with Gasteiger partial charge in [0, 0.05) is 30.7 Å². The van der Waals surface area contributed by atoms with E-state index in [1.54, 1.807) is 12.5 Å². The van der Waals surface area contributed by atoms with Crippen molar-refractivity contribution in [2.24, 2.45) is 0 Å². The van der Waals surface area contributed by atoms with Gasteiger partial charge in [-0.3, -0.25) is 9.78 Å². The number of fused-ring (bicyclic) bond motifs is 1. The predicted octanol–water partition coefficient (Wildman–Crippen LogP) is 4.41. The van der Waals surface area contributed by atoms with Crippen LogP contribution in [0.5, 0.6) is 0 Å². The Morgan fingerprint density at radius 1 is 1.03 bits per heavy atom. The first-order valence-corrected chi connectivity index (χ1v) is 11.4. The highest BCUT2D eigenvalue weighted by molar-refractivity contribution is 6.03. The third-order valence-electron chi connectivity index (χ3n) is 6.03. The van der Waals surface area contributed by atoms with E-state index in [2.05, 4.69) is 57.0 Å². The molecule has 2 N–H and O–H groups in total. The van der Waals surface area contributed by atoms with E-state index >= 15 is 0 Å². The second-order valence-corrected chi connectivity index (χ2v) is 9.45. The van der Waals surface area contributed by atoms with E-state index in [-0.39, 0.29) is 11.3 Å². The Morgan fingerprint density at radius 3 is 2.53 bits per heavy atom. The van der Waals surface area contributed by atoms with Gasteiger partial charge in [-0.15, -0.1) is 0 Å². The fraction of sp³-hybridized carbons (Fsp3) is 0.308. The summed E-state index contributed by atoms with van der Waals surface area (Å²) in [5.41, 5.74) is 4.88. The van der Waals surface area contributed by atoms with Crippen LogP contribution in [0.4, 0.5) is 11.5 Å². The van der Waals surface area contributed by atoms with E-state index < -0.39 is 0 Å². The lowest BCUT2D eigenvalue weighted by atomic mass is 9.87. The van der Waals surface area contributed by atoms with Crippen LogP contribution in [-0.2, 0) is 10.2 Å². The summed E-state index contributed by atoms with van der Waals surface area (Å²) >= 11 is 0. The minimum absolute atomic E-state index is 0.0504. The Labute approximate surface area is 198 Å². The summed E-state index contributed by atoms with van der Waals surface area (Å²) in [6.07, 6.45) is 3.28. The van der Waals surface area contributed by atoms with Gasteiger partial charge < -0.3 is 19.9 Å². The Hall–Kier alpha value is -3.78. The van der Waals surface area contributed by atoms with Crippen LogP contribution in [0, 0.1) is 0 Å². The number of benzene rings is 1. The number of hydrogen-bond acceptors (Lipinski definition) is 6. The van der Waals surface area contributed by atoms with Gasteiger partial charge in [-0.2, -0.15) is 0 Å². The SMILES string of the molecule is CC(C)(C)c1ccnc(C(=O)Nc2ccc(-c3cc4c(N5CCOCC5)ncnc4[nH]3)cc2)c1. The van der Waals surface area contributed by atoms with Gasteiger partial charge in [-0.25, -0.2) is 9.97 Å². The topological polar surface area (TPSA) is 96.0 Å². The molecule has 1 fully saturated rings. The molecule has 0 aliphatic carbocycles. The molecule has 8 nitrogen and oxygen atoms in total. The zero-order valence-electron chi connectivity index (χ0n) is 19.6. The number of pyridine rings is 1. The van der Waals surface area contributed by atoms with E-state index in [4.69, 9.17) is 4.74 Å². The summed E-state index contributed by atoms with van der Waals surface area (Å²) in [6.45, 7) is 9.37. The van der Waals surface area contributed by atoms with Gasteiger partial charge in [0.1, 0.15) is 23.5 Å². The Bertz CT molecular complexity index is 1320. The first-order valence-electron chi connectivity index (χ1n) is 11.4. The number of nitrogens with zero attached hydrogens (tertiary/aromatic N) is 4. The molecule has 4 heterocycles. The maximum atomic E-state index is 12.7. The fourth-order valence-corrected chi connectivity index (χ4v) is 4.06. The molecule has 8 heteroatoms. The van der Waals surface area contributed by atoms with Crippen LogP contribution in [0.3, 0.4) is 0 Å². The van der Waals surface area contributed by atoms with Gasteiger partial charge >= 0.3 is 0 Å². The highest BCUT2D eigenvalue weighted by Gasteiger charge is 2.18. The maximum Gasteiger partial charge on any atom is 0.274 e. The number of ether oxygens (including phenoxy) is 1. The molecule has 174 valence electrons. The molecule has 1 aliphatic rings. The first kappa shape index (κ1) is 22.0. The molecule has 0 unspecified atom stereocenters. The van der Waals surface area contributed by atoms with Crippen LogP contribution in [0.15, 0.2) is 55.0 Å². The van der Waals surface area contributed by atoms with Gasteiger partial charge in [0.05, 0.1) is 18.6 Å². The summed E-state index contributed by atoms with van der Waals surface area (Å²) in [5, 5.41) is 3.93. The third kappa shape index (κ3) is 4.49. The summed E-state index contributed by atoms with van der Waals surface area (Å²) in [5.74, 6) is 0.694. The van der Waals surface area contributed by atoms with Crippen LogP contribution >= 0.6 is 0 Å². The van der Waals surface area contributed by atoms with Crippen LogP contribution in [0.25, 0.3) is 22.3 Å². The monoisotopic (exact) mass is 456 g/mol. The highest BCUT2D eigenvalue weighted by Crippen LogP contribution is 2.30. The van der Waals surface area contributed by atoms with Crippen molar-refractivity contribution in [3.8, 4) is 11.3 Å². The Kier molecular flexibility index (Phi) is 5.75. The number of morpholine rings is 1. The van der Waals surface area contributed by atoms with Crippen molar-refractivity contribution >= 4 is 28.4 Å². The van der Waals surface area contributed by atoms with Gasteiger partial charge in [0.25, 0.3) is 5.91 Å². The molecule has 3 aromatic heterocycles. The van der Waals surface area contributed by atoms with Crippen LogP contribution in [-0.4, -0.2) is 52.1 Å². The summed E-state index contributed by atoms with van der Waals surface area (Å²) in [6, 6.07) is 13.6. The second kappa shape index (κ2) is 8.87. The van der Waals surface area contributed by atoms with E-state index in [0.717, 1.165) is 46.8 Å². The second-order valence-electron chi connectivity index (χ2n) is 9.45. The van der Waals surface area contributed by atoms with Gasteiger partial charge in [0.15, 0.2) is 0 Å². The molecular formula is C26H28N6O2. The summed E-state index contributed by atoms with van der Waals surface area (Å²) in [7, 11) is 0. The number of rotatable bonds is 4. The smallest absolute Gasteiger partial charge is 0.274 e. The number of anilines is 2. The van der Waals surface area contributed by atoms with Crippen molar-refractivity contribution in [1.82, 2.24) is 19.9 Å². The fourth-order valence-electron chi connectivity index (χ4n) is 4.06. The number of carbonyl (C=O) groups excluding carboxylic acids is 1. The van der Waals surface area contributed by atoms with E-state index in [1.165, 1.54) is 0 Å². The number of H-pyrrole nitrogens is 1. The molecule has 5 rings (SSSR count). The molecular weight excluding hydrogens is 428 g/mol. The van der Waals surface area contributed by atoms with Crippen molar-refractivity contribution in [2.45, 2.75) is 26.2 Å². The zero-order valence-corrected chi connectivity index (χ0v) is 19.6. The van der Waals surface area contributed by atoms with Crippen LogP contribution in [0.1, 0.15) is 36.8 Å². The summed E-state index contributed by atoms with van der Waals surface area (Å²) in [4.78, 5) is 31.5. The summed E-state index contributed by atoms with van der Waals surface area (Å²) < 4.78 is 5.47. The van der Waals surface area contributed by atoms with Gasteiger partial charge in [-0.05, 0) is 46.9 Å². The quantitative estimate of drug-likeness (QED) is 0.472. The van der Waals surface area contributed by atoms with Gasteiger partial charge in [0.2, 0.25) is 0 Å². The predicted molar refractivity (Wildman–Crippen MR) is 133 cm³/mol. The molecule has 1 saturated heterocycles. The lowest BCUT2D eigenvalue weighted by Gasteiger charge is -2.27. The first-order chi connectivity index (χ1) is 16.4. The van der Waals surface area contributed by atoms with Crippen molar-refractivity contribution < 1.29 is 9.53 Å². The zero-order chi connectivity index (χ0) is 23.7. The van der Waals surface area contributed by atoms with Crippen LogP contribution in [0.2, 0.25) is 0 Å². The molecule has 1 amide bonds. The van der Waals surface area contributed by atoms with Crippen molar-refractivity contribution in [1.29, 1.82) is 0 Å². The number of nitrogens with one attached hydrogen (secondary N) is 2. The van der Waals surface area contributed by atoms with Crippen molar-refractivity contribution in [2.75, 3.05) is 36.5 Å². The number of aromatic nitrogens is 4. The molecule has 34 heavy (non-hydrogen) atoms. The standard InChI is InChI=1S/C26H28N6O2/c1-26(2,3)18-8-9-27-22(14-18)25(33)30-19-6-4-17(5-7-19)21-15-20-23(31-21)28-16-29-24(20)32-10-12-34-13-11-32/h4-9,14-16H,10-13H2,1-3H3,(H,30,33)(H,28,29,31). The molecule has 0 saturated carbocycles. The van der Waals surface area contributed by atoms with Crippen LogP contribution < -0.4 is 10.2 Å². The molecule has 4 aromatic rings. The normalized spacial score (nSPS) is 14.4. The number of carbonyl (C=O) groups is 1. The van der Waals surface area contributed by atoms with E-state index in [1.807, 2.05) is 36.4 Å². The average molecular weight is 457 g/mol. The maximum absolute atomic E-state index is 12.7. The Balaban J connectivity index is 1.35. The number of aromatic amines is 1. The minimum atomic E-state index is -0.227. The largest absolute Gasteiger partial charge is 0.378 e. The number of amides is 1. The van der Waals surface area contributed by atoms with Crippen molar-refractivity contribution in [3.63, 3.8) is 0 Å². The van der Waals surface area contributed by atoms with Gasteiger partial charge in [-0.1, -0.05) is 32.9 Å². The lowest BCUT2D eigenvalue weighted by molar-refractivity contribution is 0.102. The highest BCUT2D eigenvalue weighted by atomic mass is 16.5. The third-order valence-corrected chi connectivity index (χ3v) is 6.03. The minimum Gasteiger partial charge on any atom is -0.378 e. The van der Waals surface area contributed by atoms with E-state index in [0.29, 0.717) is 24.6 Å². The lowest BCUT2D eigenvalue weighted by Crippen LogP contribution is -2.36. The van der Waals surface area contributed by atoms with Crippen molar-refractivity contribution in [3.05, 3.63) is 66.2 Å². The molecule has 0 radical (unpaired) electrons.